The van der Waals surface area contributed by atoms with Gasteiger partial charge in [-0.1, -0.05) is 12.5 Å². The molecule has 3 rings (SSSR count). The molecule has 0 spiro atoms. The van der Waals surface area contributed by atoms with Gasteiger partial charge in [0.1, 0.15) is 6.61 Å². The molecule has 0 radical (unpaired) electrons. The third-order valence-corrected chi connectivity index (χ3v) is 5.88. The molecule has 2 aromatic rings. The number of halogens is 1. The van der Waals surface area contributed by atoms with E-state index in [1.807, 2.05) is 24.3 Å². The van der Waals surface area contributed by atoms with Crippen molar-refractivity contribution in [1.29, 1.82) is 0 Å². The van der Waals surface area contributed by atoms with E-state index in [9.17, 15) is 4.39 Å². The summed E-state index contributed by atoms with van der Waals surface area (Å²) in [7, 11) is 5.35. The average molecular weight is 417 g/mol. The lowest BCUT2D eigenvalue weighted by atomic mass is 9.92. The van der Waals surface area contributed by atoms with Gasteiger partial charge in [-0.05, 0) is 56.6 Å². The average Bonchev–Trinajstić information content (AvgIpc) is 2.71. The van der Waals surface area contributed by atoms with E-state index in [1.165, 1.54) is 19.3 Å². The maximum atomic E-state index is 14.6. The SMILES string of the molecule is CCN(Cc1ccc(OCCN(C)C2CCC2)c(F)c1)c1ccc(OC)c(OC)c1. The van der Waals surface area contributed by atoms with Gasteiger partial charge in [-0.3, -0.25) is 0 Å². The van der Waals surface area contributed by atoms with E-state index in [-0.39, 0.29) is 5.82 Å². The van der Waals surface area contributed by atoms with Crippen LogP contribution in [-0.4, -0.2) is 51.9 Å². The number of benzene rings is 2. The second-order valence-electron chi connectivity index (χ2n) is 7.73. The Hall–Kier alpha value is -2.47. The standard InChI is InChI=1S/C24H33FN2O3/c1-5-27(20-10-12-23(28-3)24(16-20)29-4)17-18-9-11-22(21(25)15-18)30-14-13-26(2)19-7-6-8-19/h9-12,15-16,19H,5-8,13-14,17H2,1-4H3. The zero-order valence-corrected chi connectivity index (χ0v) is 18.5. The highest BCUT2D eigenvalue weighted by atomic mass is 19.1. The van der Waals surface area contributed by atoms with Crippen LogP contribution in [0.3, 0.4) is 0 Å². The third-order valence-electron chi connectivity index (χ3n) is 5.88. The summed E-state index contributed by atoms with van der Waals surface area (Å²) >= 11 is 0. The first-order valence-corrected chi connectivity index (χ1v) is 10.6. The Kier molecular flexibility index (Phi) is 7.80. The molecule has 0 unspecified atom stereocenters. The van der Waals surface area contributed by atoms with Crippen molar-refractivity contribution in [1.82, 2.24) is 4.90 Å². The first kappa shape index (κ1) is 22.2. The summed E-state index contributed by atoms with van der Waals surface area (Å²) in [5.41, 5.74) is 1.89. The summed E-state index contributed by atoms with van der Waals surface area (Å²) in [6.07, 6.45) is 3.82. The van der Waals surface area contributed by atoms with Crippen LogP contribution in [0.4, 0.5) is 10.1 Å². The predicted molar refractivity (Wildman–Crippen MR) is 118 cm³/mol. The van der Waals surface area contributed by atoms with Crippen LogP contribution in [0.15, 0.2) is 36.4 Å². The zero-order chi connectivity index (χ0) is 21.5. The Bertz CT molecular complexity index is 826. The second-order valence-corrected chi connectivity index (χ2v) is 7.73. The van der Waals surface area contributed by atoms with E-state index in [1.54, 1.807) is 26.4 Å². The van der Waals surface area contributed by atoms with Crippen molar-refractivity contribution in [3.8, 4) is 17.2 Å². The van der Waals surface area contributed by atoms with E-state index in [4.69, 9.17) is 14.2 Å². The summed E-state index contributed by atoms with van der Waals surface area (Å²) < 4.78 is 31.0. The smallest absolute Gasteiger partial charge is 0.165 e. The fourth-order valence-corrected chi connectivity index (χ4v) is 3.70. The molecule has 30 heavy (non-hydrogen) atoms. The third kappa shape index (κ3) is 5.36. The zero-order valence-electron chi connectivity index (χ0n) is 18.5. The van der Waals surface area contributed by atoms with Crippen LogP contribution >= 0.6 is 0 Å². The Morgan fingerprint density at radius 1 is 1.00 bits per heavy atom. The Morgan fingerprint density at radius 3 is 2.33 bits per heavy atom. The van der Waals surface area contributed by atoms with Gasteiger partial charge in [0.05, 0.1) is 14.2 Å². The van der Waals surface area contributed by atoms with E-state index < -0.39 is 0 Å². The van der Waals surface area contributed by atoms with Crippen LogP contribution < -0.4 is 19.1 Å². The minimum atomic E-state index is -0.317. The van der Waals surface area contributed by atoms with Crippen molar-refractivity contribution in [2.75, 3.05) is 45.9 Å². The quantitative estimate of drug-likeness (QED) is 0.529. The Balaban J connectivity index is 1.60. The number of hydrogen-bond donors (Lipinski definition) is 0. The van der Waals surface area contributed by atoms with Gasteiger partial charge in [0.2, 0.25) is 0 Å². The van der Waals surface area contributed by atoms with E-state index in [0.717, 1.165) is 24.3 Å². The van der Waals surface area contributed by atoms with E-state index in [2.05, 4.69) is 23.8 Å². The van der Waals surface area contributed by atoms with Crippen molar-refractivity contribution in [3.63, 3.8) is 0 Å². The molecule has 0 atom stereocenters. The van der Waals surface area contributed by atoms with Gasteiger partial charge in [-0.15, -0.1) is 0 Å². The predicted octanol–water partition coefficient (Wildman–Crippen LogP) is 4.73. The lowest BCUT2D eigenvalue weighted by molar-refractivity contribution is 0.134. The molecule has 0 bridgehead atoms. The second kappa shape index (κ2) is 10.5. The number of ether oxygens (including phenoxy) is 3. The highest BCUT2D eigenvalue weighted by Gasteiger charge is 2.21. The number of rotatable bonds is 11. The molecule has 1 fully saturated rings. The van der Waals surface area contributed by atoms with Gasteiger partial charge in [0.15, 0.2) is 23.1 Å². The molecular weight excluding hydrogens is 383 g/mol. The highest BCUT2D eigenvalue weighted by molar-refractivity contribution is 5.56. The van der Waals surface area contributed by atoms with Gasteiger partial charge in [-0.25, -0.2) is 4.39 Å². The lowest BCUT2D eigenvalue weighted by Crippen LogP contribution is -2.39. The maximum Gasteiger partial charge on any atom is 0.165 e. The van der Waals surface area contributed by atoms with Gasteiger partial charge in [-0.2, -0.15) is 0 Å². The number of anilines is 1. The monoisotopic (exact) mass is 416 g/mol. The topological polar surface area (TPSA) is 34.2 Å². The molecule has 0 aliphatic heterocycles. The van der Waals surface area contributed by atoms with E-state index in [0.29, 0.717) is 36.4 Å². The summed E-state index contributed by atoms with van der Waals surface area (Å²) in [4.78, 5) is 4.46. The van der Waals surface area contributed by atoms with Crippen LogP contribution in [0.1, 0.15) is 31.7 Å². The van der Waals surface area contributed by atoms with Gasteiger partial charge in [0.25, 0.3) is 0 Å². The van der Waals surface area contributed by atoms with Crippen LogP contribution in [0.2, 0.25) is 0 Å². The number of methoxy groups -OCH3 is 2. The fourth-order valence-electron chi connectivity index (χ4n) is 3.70. The Labute approximate surface area is 179 Å². The summed E-state index contributed by atoms with van der Waals surface area (Å²) in [6.45, 7) is 4.75. The molecule has 164 valence electrons. The normalized spacial score (nSPS) is 13.8. The summed E-state index contributed by atoms with van der Waals surface area (Å²) in [5, 5.41) is 0. The van der Waals surface area contributed by atoms with Gasteiger partial charge >= 0.3 is 0 Å². The van der Waals surface area contributed by atoms with Crippen molar-refractivity contribution >= 4 is 5.69 Å². The van der Waals surface area contributed by atoms with Crippen molar-refractivity contribution in [2.45, 2.75) is 38.8 Å². The van der Waals surface area contributed by atoms with Crippen LogP contribution in [0.25, 0.3) is 0 Å². The summed E-state index contributed by atoms with van der Waals surface area (Å²) in [6, 6.07) is 11.7. The molecule has 1 aliphatic rings. The molecule has 0 heterocycles. The van der Waals surface area contributed by atoms with Crippen molar-refractivity contribution in [2.24, 2.45) is 0 Å². The minimum absolute atomic E-state index is 0.315. The molecular formula is C24H33FN2O3. The first-order chi connectivity index (χ1) is 14.5. The van der Waals surface area contributed by atoms with Crippen LogP contribution in [0, 0.1) is 5.82 Å². The lowest BCUT2D eigenvalue weighted by Gasteiger charge is -2.34. The highest BCUT2D eigenvalue weighted by Crippen LogP contribution is 2.32. The van der Waals surface area contributed by atoms with Crippen LogP contribution in [-0.2, 0) is 6.54 Å². The molecule has 5 nitrogen and oxygen atoms in total. The molecule has 2 aromatic carbocycles. The molecule has 1 saturated carbocycles. The summed E-state index contributed by atoms with van der Waals surface area (Å²) in [5.74, 6) is 1.36. The van der Waals surface area contributed by atoms with E-state index >= 15 is 0 Å². The maximum absolute atomic E-state index is 14.6. The molecule has 0 N–H and O–H groups in total. The van der Waals surface area contributed by atoms with Crippen LogP contribution in [0.5, 0.6) is 17.2 Å². The molecule has 0 amide bonds. The number of nitrogens with zero attached hydrogens (tertiary/aromatic N) is 2. The first-order valence-electron chi connectivity index (χ1n) is 10.6. The molecule has 0 saturated heterocycles. The van der Waals surface area contributed by atoms with Gasteiger partial charge < -0.3 is 24.0 Å². The minimum Gasteiger partial charge on any atom is -0.493 e. The van der Waals surface area contributed by atoms with Crippen molar-refractivity contribution in [3.05, 3.63) is 47.8 Å². The number of hydrogen-bond acceptors (Lipinski definition) is 5. The van der Waals surface area contributed by atoms with Crippen molar-refractivity contribution < 1.29 is 18.6 Å². The molecule has 1 aliphatic carbocycles. The molecule has 6 heteroatoms. The largest absolute Gasteiger partial charge is 0.493 e. The number of likely N-dealkylation sites (N-methyl/N-ethyl adjacent to an activating group) is 1. The molecule has 0 aromatic heterocycles. The van der Waals surface area contributed by atoms with Gasteiger partial charge in [0, 0.05) is 37.4 Å². The fraction of sp³-hybridized carbons (Fsp3) is 0.500. The Morgan fingerprint density at radius 2 is 1.73 bits per heavy atom.